The molecule has 1 aliphatic carbocycles. The highest BCUT2D eigenvalue weighted by Crippen LogP contribution is 2.39. The Hall–Kier alpha value is -2.36. The molecule has 2 aliphatic rings. The van der Waals surface area contributed by atoms with Crippen LogP contribution in [0, 0.1) is 6.92 Å². The predicted octanol–water partition coefficient (Wildman–Crippen LogP) is 3.42. The van der Waals surface area contributed by atoms with Gasteiger partial charge in [0.05, 0.1) is 12.2 Å². The smallest absolute Gasteiger partial charge is 0.170 e. The van der Waals surface area contributed by atoms with Crippen LogP contribution in [0.25, 0.3) is 0 Å². The van der Waals surface area contributed by atoms with E-state index in [1.807, 2.05) is 37.5 Å². The van der Waals surface area contributed by atoms with Crippen LogP contribution in [-0.2, 0) is 6.42 Å². The van der Waals surface area contributed by atoms with Gasteiger partial charge in [0.1, 0.15) is 17.6 Å². The van der Waals surface area contributed by atoms with Crippen LogP contribution in [0.3, 0.4) is 0 Å². The van der Waals surface area contributed by atoms with Gasteiger partial charge in [-0.3, -0.25) is 9.78 Å². The summed E-state index contributed by atoms with van der Waals surface area (Å²) >= 11 is 0. The van der Waals surface area contributed by atoms with Gasteiger partial charge >= 0.3 is 0 Å². The third kappa shape index (κ3) is 2.06. The second-order valence-electron chi connectivity index (χ2n) is 5.81. The summed E-state index contributed by atoms with van der Waals surface area (Å²) in [5, 5.41) is 0. The van der Waals surface area contributed by atoms with Crippen molar-refractivity contribution in [1.29, 1.82) is 0 Å². The molecular weight excluding hydrogens is 278 g/mol. The lowest BCUT2D eigenvalue weighted by molar-refractivity contribution is 0.0932. The maximum Gasteiger partial charge on any atom is 0.170 e. The Morgan fingerprint density at radius 1 is 1.27 bits per heavy atom. The molecule has 2 heterocycles. The van der Waals surface area contributed by atoms with E-state index in [-0.39, 0.29) is 11.9 Å². The molecule has 2 aromatic rings. The molecule has 0 unspecified atom stereocenters. The van der Waals surface area contributed by atoms with Gasteiger partial charge in [0.25, 0.3) is 0 Å². The molecule has 0 fully saturated rings. The molecule has 1 aliphatic heterocycles. The number of ether oxygens (including phenoxy) is 2. The molecule has 1 aromatic heterocycles. The van der Waals surface area contributed by atoms with E-state index in [1.165, 1.54) is 11.1 Å². The lowest BCUT2D eigenvalue weighted by Crippen LogP contribution is -2.16. The van der Waals surface area contributed by atoms with Gasteiger partial charge in [0.2, 0.25) is 0 Å². The van der Waals surface area contributed by atoms with Crippen molar-refractivity contribution in [2.45, 2.75) is 32.3 Å². The summed E-state index contributed by atoms with van der Waals surface area (Å²) in [5.74, 6) is 1.62. The van der Waals surface area contributed by atoms with Crippen LogP contribution in [0.2, 0.25) is 0 Å². The number of aryl methyl sites for hydroxylation is 1. The van der Waals surface area contributed by atoms with Gasteiger partial charge in [0.15, 0.2) is 5.78 Å². The van der Waals surface area contributed by atoms with E-state index >= 15 is 0 Å². The van der Waals surface area contributed by atoms with Gasteiger partial charge in [-0.25, -0.2) is 0 Å². The number of hydrogen-bond acceptors (Lipinski definition) is 4. The largest absolute Gasteiger partial charge is 0.492 e. The van der Waals surface area contributed by atoms with Crippen molar-refractivity contribution in [3.8, 4) is 11.5 Å². The van der Waals surface area contributed by atoms with E-state index in [4.69, 9.17) is 9.47 Å². The first-order chi connectivity index (χ1) is 10.7. The molecule has 4 rings (SSSR count). The highest BCUT2D eigenvalue weighted by atomic mass is 16.5. The SMILES string of the molecule is Cc1c(O[C@@H]2CCc3cnccc32)ccc2c1OCCC2=O. The molecule has 0 amide bonds. The van der Waals surface area contributed by atoms with Gasteiger partial charge in [-0.15, -0.1) is 0 Å². The molecule has 0 saturated heterocycles. The average Bonchev–Trinajstić information content (AvgIpc) is 2.94. The number of Topliss-reactive ketones (excluding diaryl/α,β-unsaturated/α-hetero) is 1. The molecule has 0 bridgehead atoms. The molecule has 22 heavy (non-hydrogen) atoms. The molecule has 0 spiro atoms. The number of carbonyl (C=O) groups is 1. The predicted molar refractivity (Wildman–Crippen MR) is 81.5 cm³/mol. The van der Waals surface area contributed by atoms with Crippen molar-refractivity contribution >= 4 is 5.78 Å². The number of pyridine rings is 1. The fraction of sp³-hybridized carbons (Fsp3) is 0.333. The van der Waals surface area contributed by atoms with Gasteiger partial charge < -0.3 is 9.47 Å². The fourth-order valence-corrected chi connectivity index (χ4v) is 3.27. The van der Waals surface area contributed by atoms with E-state index in [9.17, 15) is 4.79 Å². The quantitative estimate of drug-likeness (QED) is 0.851. The molecule has 4 nitrogen and oxygen atoms in total. The zero-order valence-electron chi connectivity index (χ0n) is 12.5. The second-order valence-corrected chi connectivity index (χ2v) is 5.81. The lowest BCUT2D eigenvalue weighted by Gasteiger charge is -2.22. The number of benzene rings is 1. The summed E-state index contributed by atoms with van der Waals surface area (Å²) in [6, 6.07) is 5.74. The van der Waals surface area contributed by atoms with Crippen LogP contribution < -0.4 is 9.47 Å². The molecule has 0 saturated carbocycles. The molecular formula is C18H17NO3. The summed E-state index contributed by atoms with van der Waals surface area (Å²) in [7, 11) is 0. The van der Waals surface area contributed by atoms with Crippen LogP contribution in [0.4, 0.5) is 0 Å². The van der Waals surface area contributed by atoms with Crippen LogP contribution in [-0.4, -0.2) is 17.4 Å². The third-order valence-electron chi connectivity index (χ3n) is 4.47. The van der Waals surface area contributed by atoms with Crippen LogP contribution in [0.5, 0.6) is 11.5 Å². The standard InChI is InChI=1S/C18H17NO3/c1-11-16(5-3-14-15(20)7-9-21-18(11)14)22-17-4-2-12-10-19-8-6-13(12)17/h3,5-6,8,10,17H,2,4,7,9H2,1H3/t17-/m1/s1. The Morgan fingerprint density at radius 3 is 3.09 bits per heavy atom. The van der Waals surface area contributed by atoms with Gasteiger partial charge in [-0.1, -0.05) is 0 Å². The van der Waals surface area contributed by atoms with E-state index in [1.54, 1.807) is 0 Å². The third-order valence-corrected chi connectivity index (χ3v) is 4.47. The zero-order chi connectivity index (χ0) is 15.1. The zero-order valence-corrected chi connectivity index (χ0v) is 12.5. The fourth-order valence-electron chi connectivity index (χ4n) is 3.27. The van der Waals surface area contributed by atoms with E-state index in [0.717, 1.165) is 24.2 Å². The van der Waals surface area contributed by atoms with Crippen molar-refractivity contribution in [3.05, 3.63) is 52.8 Å². The van der Waals surface area contributed by atoms with E-state index in [2.05, 4.69) is 4.98 Å². The minimum atomic E-state index is 0.0500. The minimum Gasteiger partial charge on any atom is -0.492 e. The summed E-state index contributed by atoms with van der Waals surface area (Å²) in [4.78, 5) is 16.1. The van der Waals surface area contributed by atoms with Crippen molar-refractivity contribution in [3.63, 3.8) is 0 Å². The maximum absolute atomic E-state index is 11.9. The van der Waals surface area contributed by atoms with Gasteiger partial charge in [0, 0.05) is 24.4 Å². The number of nitrogens with zero attached hydrogens (tertiary/aromatic N) is 1. The van der Waals surface area contributed by atoms with E-state index < -0.39 is 0 Å². The number of rotatable bonds is 2. The first-order valence-corrected chi connectivity index (χ1v) is 7.63. The van der Waals surface area contributed by atoms with E-state index in [0.29, 0.717) is 24.3 Å². The molecule has 1 atom stereocenters. The molecule has 112 valence electrons. The van der Waals surface area contributed by atoms with Crippen LogP contribution in [0.15, 0.2) is 30.6 Å². The first-order valence-electron chi connectivity index (χ1n) is 7.63. The number of hydrogen-bond donors (Lipinski definition) is 0. The van der Waals surface area contributed by atoms with Crippen molar-refractivity contribution in [2.75, 3.05) is 6.61 Å². The van der Waals surface area contributed by atoms with Gasteiger partial charge in [-0.2, -0.15) is 0 Å². The Bertz CT molecular complexity index is 754. The normalized spacial score (nSPS) is 19.3. The van der Waals surface area contributed by atoms with Crippen molar-refractivity contribution in [2.24, 2.45) is 0 Å². The highest BCUT2D eigenvalue weighted by molar-refractivity contribution is 6.00. The number of carbonyl (C=O) groups excluding carboxylic acids is 1. The van der Waals surface area contributed by atoms with Crippen LogP contribution in [0.1, 0.15) is 46.0 Å². The Kier molecular flexibility index (Phi) is 3.10. The second kappa shape index (κ2) is 5.13. The number of fused-ring (bicyclic) bond motifs is 2. The minimum absolute atomic E-state index is 0.0500. The molecule has 4 heteroatoms. The Balaban J connectivity index is 1.66. The summed E-state index contributed by atoms with van der Waals surface area (Å²) in [6.07, 6.45) is 6.18. The van der Waals surface area contributed by atoms with Crippen molar-refractivity contribution < 1.29 is 14.3 Å². The highest BCUT2D eigenvalue weighted by Gasteiger charge is 2.27. The Morgan fingerprint density at radius 2 is 2.18 bits per heavy atom. The topological polar surface area (TPSA) is 48.4 Å². The molecule has 1 aromatic carbocycles. The van der Waals surface area contributed by atoms with Crippen LogP contribution >= 0.6 is 0 Å². The number of ketones is 1. The summed E-state index contributed by atoms with van der Waals surface area (Å²) in [5.41, 5.74) is 4.05. The van der Waals surface area contributed by atoms with Gasteiger partial charge in [-0.05, 0) is 49.1 Å². The molecule has 0 radical (unpaired) electrons. The lowest BCUT2D eigenvalue weighted by atomic mass is 10.0. The average molecular weight is 295 g/mol. The molecule has 0 N–H and O–H groups in total. The monoisotopic (exact) mass is 295 g/mol. The summed E-state index contributed by atoms with van der Waals surface area (Å²) < 4.78 is 11.9. The first kappa shape index (κ1) is 13.3. The maximum atomic E-state index is 11.9. The Labute approximate surface area is 129 Å². The van der Waals surface area contributed by atoms with Crippen molar-refractivity contribution in [1.82, 2.24) is 4.98 Å². The number of aromatic nitrogens is 1. The summed E-state index contributed by atoms with van der Waals surface area (Å²) in [6.45, 7) is 2.41.